The van der Waals surface area contributed by atoms with Gasteiger partial charge in [-0.05, 0) is 97.9 Å². The highest BCUT2D eigenvalue weighted by Gasteiger charge is 2.25. The Morgan fingerprint density at radius 2 is 0.740 bits per heavy atom. The molecule has 10 nitrogen and oxygen atoms in total. The van der Waals surface area contributed by atoms with E-state index in [2.05, 4.69) is 183 Å². The highest BCUT2D eigenvalue weighted by molar-refractivity contribution is 6.16. The number of para-hydroxylation sites is 6. The smallest absolute Gasteiger partial charge is 0.235 e. The van der Waals surface area contributed by atoms with E-state index in [-0.39, 0.29) is 0 Å². The Balaban J connectivity index is 0.898. The van der Waals surface area contributed by atoms with Gasteiger partial charge in [-0.2, -0.15) is 0 Å². The van der Waals surface area contributed by atoms with Gasteiger partial charge in [-0.1, -0.05) is 121 Å². The summed E-state index contributed by atoms with van der Waals surface area (Å²) in [6, 6.07) is 73.9. The number of benzene rings is 9. The molecule has 9 aromatic carbocycles. The lowest BCUT2D eigenvalue weighted by Gasteiger charge is -2.23. The molecule has 344 valence electrons. The van der Waals surface area contributed by atoms with Crippen LogP contribution in [-0.2, 0) is 0 Å². The van der Waals surface area contributed by atoms with E-state index < -0.39 is 0 Å². The molecule has 0 amide bonds. The first-order chi connectivity index (χ1) is 36.1. The molecule has 0 bridgehead atoms. The zero-order chi connectivity index (χ0) is 48.1. The predicted octanol–water partition coefficient (Wildman–Crippen LogP) is 16.5. The second kappa shape index (κ2) is 16.0. The molecule has 10 heteroatoms. The number of anilines is 6. The number of fused-ring (bicyclic) bond motifs is 12. The highest BCUT2D eigenvalue weighted by atomic mass is 16.3. The molecule has 6 heterocycles. The van der Waals surface area contributed by atoms with E-state index in [4.69, 9.17) is 28.8 Å². The lowest BCUT2D eigenvalue weighted by atomic mass is 10.1. The third-order valence-electron chi connectivity index (χ3n) is 14.2. The molecule has 0 aliphatic heterocycles. The van der Waals surface area contributed by atoms with E-state index >= 15 is 0 Å². The molecule has 0 spiro atoms. The highest BCUT2D eigenvalue weighted by Crippen LogP contribution is 2.44. The molecule has 0 N–H and O–H groups in total. The molecule has 0 saturated carbocycles. The van der Waals surface area contributed by atoms with Crippen LogP contribution in [0.15, 0.2) is 234 Å². The van der Waals surface area contributed by atoms with Gasteiger partial charge in [0.15, 0.2) is 11.2 Å². The van der Waals surface area contributed by atoms with Gasteiger partial charge in [-0.25, -0.2) is 19.9 Å². The minimum atomic E-state index is 0.504. The van der Waals surface area contributed by atoms with Crippen LogP contribution in [0.2, 0.25) is 0 Å². The molecule has 0 radical (unpaired) electrons. The van der Waals surface area contributed by atoms with Gasteiger partial charge < -0.3 is 18.0 Å². The first-order valence-electron chi connectivity index (χ1n) is 24.3. The van der Waals surface area contributed by atoms with Crippen molar-refractivity contribution in [2.45, 2.75) is 6.92 Å². The summed E-state index contributed by atoms with van der Waals surface area (Å²) in [5, 5.41) is 6.35. The Morgan fingerprint density at radius 3 is 1.18 bits per heavy atom. The third kappa shape index (κ3) is 6.30. The molecule has 0 unspecified atom stereocenters. The fraction of sp³-hybridized carbons (Fsp3) is 0.0159. The standard InChI is InChI=1S/C63H40N8O2/c1-39-60-50(58-56(72-60)37-64-62(66-58)68(40-18-6-2-7-19-40)44-30-32-48-46-26-14-16-28-52(46)70(54(48)34-44)42-22-10-4-11-23-42)36-51-59-57(73-61(39)51)38-65-63(67-59)69(41-20-8-3-9-21-41)45-31-33-49-47-27-15-17-29-53(47)71(55(49)35-45)43-24-12-5-13-25-43/h2-38H,1H3. The van der Waals surface area contributed by atoms with Gasteiger partial charge in [-0.3, -0.25) is 9.80 Å². The summed E-state index contributed by atoms with van der Waals surface area (Å²) < 4.78 is 17.9. The quantitative estimate of drug-likeness (QED) is 0.149. The summed E-state index contributed by atoms with van der Waals surface area (Å²) in [6.07, 6.45) is 3.55. The van der Waals surface area contributed by atoms with Crippen LogP contribution < -0.4 is 9.80 Å². The van der Waals surface area contributed by atoms with Gasteiger partial charge in [0.2, 0.25) is 11.9 Å². The molecule has 15 rings (SSSR count). The normalized spacial score (nSPS) is 11.9. The number of aryl methyl sites for hydroxylation is 1. The Kier molecular flexibility index (Phi) is 8.93. The number of nitrogens with zero attached hydrogens (tertiary/aromatic N) is 8. The first-order valence-corrected chi connectivity index (χ1v) is 24.3. The largest absolute Gasteiger partial charge is 0.452 e. The van der Waals surface area contributed by atoms with E-state index in [1.54, 1.807) is 12.4 Å². The fourth-order valence-electron chi connectivity index (χ4n) is 10.9. The lowest BCUT2D eigenvalue weighted by molar-refractivity contribution is 0.648. The van der Waals surface area contributed by atoms with Crippen LogP contribution in [0.4, 0.5) is 34.6 Å². The fourth-order valence-corrected chi connectivity index (χ4v) is 10.9. The van der Waals surface area contributed by atoms with Crippen molar-refractivity contribution in [1.29, 1.82) is 0 Å². The summed E-state index contributed by atoms with van der Waals surface area (Å²) >= 11 is 0. The Bertz CT molecular complexity index is 4350. The van der Waals surface area contributed by atoms with Crippen LogP contribution in [0.5, 0.6) is 0 Å². The predicted molar refractivity (Wildman–Crippen MR) is 295 cm³/mol. The molecular formula is C63H40N8O2. The van der Waals surface area contributed by atoms with Gasteiger partial charge in [0, 0.05) is 60.6 Å². The van der Waals surface area contributed by atoms with E-state index in [9.17, 15) is 0 Å². The number of hydrogen-bond donors (Lipinski definition) is 0. The topological polar surface area (TPSA) is 94.2 Å². The van der Waals surface area contributed by atoms with Crippen LogP contribution in [-0.4, -0.2) is 29.1 Å². The average molecular weight is 941 g/mol. The second-order valence-electron chi connectivity index (χ2n) is 18.3. The van der Waals surface area contributed by atoms with Crippen molar-refractivity contribution in [2.24, 2.45) is 0 Å². The molecule has 6 aromatic heterocycles. The Morgan fingerprint density at radius 1 is 0.356 bits per heavy atom. The number of hydrogen-bond acceptors (Lipinski definition) is 8. The van der Waals surface area contributed by atoms with Crippen molar-refractivity contribution in [3.63, 3.8) is 0 Å². The van der Waals surface area contributed by atoms with Crippen molar-refractivity contribution >= 4 is 122 Å². The molecule has 0 aliphatic carbocycles. The van der Waals surface area contributed by atoms with Crippen LogP contribution >= 0.6 is 0 Å². The zero-order valence-corrected chi connectivity index (χ0v) is 39.3. The lowest BCUT2D eigenvalue weighted by Crippen LogP contribution is -2.13. The molecule has 73 heavy (non-hydrogen) atoms. The van der Waals surface area contributed by atoms with E-state index in [1.807, 2.05) is 55.5 Å². The SMILES string of the molecule is Cc1c2oc3cnc(N(c4ccccc4)c4ccc5c6ccccc6n(-c6ccccc6)c5c4)nc3c2cc2c1oc1cnc(N(c3ccccc3)c3ccc4c5ccccc5n(-c5ccccc5)c4c3)nc12. The summed E-state index contributed by atoms with van der Waals surface area (Å²) in [5.41, 5.74) is 15.0. The number of furan rings is 2. The minimum Gasteiger partial charge on any atom is -0.452 e. The summed E-state index contributed by atoms with van der Waals surface area (Å²) in [5.74, 6) is 1.01. The van der Waals surface area contributed by atoms with Crippen molar-refractivity contribution in [3.05, 3.63) is 230 Å². The monoisotopic (exact) mass is 940 g/mol. The van der Waals surface area contributed by atoms with E-state index in [0.29, 0.717) is 45.3 Å². The van der Waals surface area contributed by atoms with Crippen molar-refractivity contribution < 1.29 is 8.83 Å². The minimum absolute atomic E-state index is 0.504. The van der Waals surface area contributed by atoms with E-state index in [1.165, 1.54) is 10.8 Å². The Hall–Kier alpha value is -10.1. The molecule has 0 aliphatic rings. The third-order valence-corrected chi connectivity index (χ3v) is 14.2. The number of rotatable bonds is 8. The van der Waals surface area contributed by atoms with Crippen molar-refractivity contribution in [3.8, 4) is 11.4 Å². The summed E-state index contributed by atoms with van der Waals surface area (Å²) in [7, 11) is 0. The summed E-state index contributed by atoms with van der Waals surface area (Å²) in [4.78, 5) is 25.0. The van der Waals surface area contributed by atoms with Crippen LogP contribution in [0.1, 0.15) is 5.56 Å². The average Bonchev–Trinajstić information content (AvgIpc) is 4.20. The van der Waals surface area contributed by atoms with Gasteiger partial charge >= 0.3 is 0 Å². The van der Waals surface area contributed by atoms with Crippen LogP contribution in [0.25, 0.3) is 99.1 Å². The van der Waals surface area contributed by atoms with Crippen molar-refractivity contribution in [2.75, 3.05) is 9.80 Å². The maximum Gasteiger partial charge on any atom is 0.235 e. The van der Waals surface area contributed by atoms with Gasteiger partial charge in [-0.15, -0.1) is 0 Å². The maximum atomic E-state index is 6.61. The van der Waals surface area contributed by atoms with E-state index in [0.717, 1.165) is 83.3 Å². The van der Waals surface area contributed by atoms with Crippen LogP contribution in [0, 0.1) is 6.92 Å². The Labute approximate surface area is 416 Å². The van der Waals surface area contributed by atoms with Gasteiger partial charge in [0.25, 0.3) is 0 Å². The molecular weight excluding hydrogens is 901 g/mol. The number of aromatic nitrogens is 6. The molecule has 0 saturated heterocycles. The molecule has 15 aromatic rings. The van der Waals surface area contributed by atoms with Crippen LogP contribution in [0.3, 0.4) is 0 Å². The van der Waals surface area contributed by atoms with Gasteiger partial charge in [0.05, 0.1) is 45.8 Å². The summed E-state index contributed by atoms with van der Waals surface area (Å²) in [6.45, 7) is 2.02. The molecule has 0 fully saturated rings. The molecule has 0 atom stereocenters. The van der Waals surface area contributed by atoms with Gasteiger partial charge in [0.1, 0.15) is 22.2 Å². The second-order valence-corrected chi connectivity index (χ2v) is 18.3. The zero-order valence-electron chi connectivity index (χ0n) is 39.3. The maximum absolute atomic E-state index is 6.61. The first kappa shape index (κ1) is 40.8. The van der Waals surface area contributed by atoms with Crippen molar-refractivity contribution in [1.82, 2.24) is 29.1 Å².